The Labute approximate surface area is 169 Å². The Balaban J connectivity index is 1.55. The van der Waals surface area contributed by atoms with Crippen LogP contribution in [0.1, 0.15) is 36.8 Å². The van der Waals surface area contributed by atoms with Crippen LogP contribution >= 0.6 is 0 Å². The molecule has 2 atom stereocenters. The SMILES string of the molecule is O=C(O)C1CCCCC1C(=O)NCCc1ccccc1OCc1ccccc1F. The summed E-state index contributed by atoms with van der Waals surface area (Å²) in [6.07, 6.45) is 3.46. The van der Waals surface area contributed by atoms with Gasteiger partial charge in [-0.25, -0.2) is 4.39 Å². The predicted octanol–water partition coefficient (Wildman–Crippen LogP) is 3.95. The van der Waals surface area contributed by atoms with Crippen LogP contribution in [0.25, 0.3) is 0 Å². The third-order valence-corrected chi connectivity index (χ3v) is 5.43. The lowest BCUT2D eigenvalue weighted by molar-refractivity contribution is -0.148. The monoisotopic (exact) mass is 399 g/mol. The van der Waals surface area contributed by atoms with Gasteiger partial charge in [0.1, 0.15) is 18.2 Å². The maximum Gasteiger partial charge on any atom is 0.307 e. The Bertz CT molecular complexity index is 854. The predicted molar refractivity (Wildman–Crippen MR) is 107 cm³/mol. The number of halogens is 1. The normalized spacial score (nSPS) is 18.8. The second-order valence-electron chi connectivity index (χ2n) is 7.36. The molecule has 2 N–H and O–H groups in total. The van der Waals surface area contributed by atoms with Crippen molar-refractivity contribution in [3.63, 3.8) is 0 Å². The summed E-state index contributed by atoms with van der Waals surface area (Å²) in [5.41, 5.74) is 1.38. The first-order valence-corrected chi connectivity index (χ1v) is 10.0. The van der Waals surface area contributed by atoms with Crippen LogP contribution in [0.4, 0.5) is 4.39 Å². The van der Waals surface area contributed by atoms with Crippen molar-refractivity contribution in [2.45, 2.75) is 38.7 Å². The van der Waals surface area contributed by atoms with Crippen molar-refractivity contribution in [1.82, 2.24) is 5.32 Å². The number of carboxylic acid groups (broad SMARTS) is 1. The minimum absolute atomic E-state index is 0.123. The molecule has 1 fully saturated rings. The van der Waals surface area contributed by atoms with Crippen LogP contribution in [-0.2, 0) is 22.6 Å². The number of benzene rings is 2. The van der Waals surface area contributed by atoms with E-state index in [4.69, 9.17) is 4.74 Å². The first-order chi connectivity index (χ1) is 14.1. The van der Waals surface area contributed by atoms with Crippen molar-refractivity contribution >= 4 is 11.9 Å². The van der Waals surface area contributed by atoms with Crippen LogP contribution in [0.3, 0.4) is 0 Å². The Kier molecular flexibility index (Phi) is 7.22. The molecule has 154 valence electrons. The number of carboxylic acids is 1. The maximum absolute atomic E-state index is 13.8. The van der Waals surface area contributed by atoms with Gasteiger partial charge in [0.2, 0.25) is 5.91 Å². The van der Waals surface area contributed by atoms with Crippen molar-refractivity contribution < 1.29 is 23.8 Å². The van der Waals surface area contributed by atoms with E-state index in [1.807, 2.05) is 24.3 Å². The number of carbonyl (C=O) groups excluding carboxylic acids is 1. The van der Waals surface area contributed by atoms with Crippen molar-refractivity contribution in [2.24, 2.45) is 11.8 Å². The molecule has 0 aliphatic heterocycles. The van der Waals surface area contributed by atoms with E-state index in [2.05, 4.69) is 5.32 Å². The van der Waals surface area contributed by atoms with E-state index in [0.717, 1.165) is 18.4 Å². The highest BCUT2D eigenvalue weighted by molar-refractivity contribution is 5.84. The Morgan fingerprint density at radius 1 is 1.00 bits per heavy atom. The van der Waals surface area contributed by atoms with Gasteiger partial charge in [0.15, 0.2) is 0 Å². The molecule has 3 rings (SSSR count). The van der Waals surface area contributed by atoms with E-state index >= 15 is 0 Å². The second-order valence-corrected chi connectivity index (χ2v) is 7.36. The maximum atomic E-state index is 13.8. The molecule has 2 aromatic carbocycles. The third kappa shape index (κ3) is 5.56. The average Bonchev–Trinajstić information content (AvgIpc) is 2.74. The van der Waals surface area contributed by atoms with Crippen molar-refractivity contribution in [1.29, 1.82) is 0 Å². The van der Waals surface area contributed by atoms with E-state index < -0.39 is 17.8 Å². The molecule has 1 aliphatic carbocycles. The number of rotatable bonds is 8. The van der Waals surface area contributed by atoms with Crippen LogP contribution in [-0.4, -0.2) is 23.5 Å². The average molecular weight is 399 g/mol. The summed E-state index contributed by atoms with van der Waals surface area (Å²) in [7, 11) is 0. The first-order valence-electron chi connectivity index (χ1n) is 10.0. The molecule has 0 saturated heterocycles. The number of nitrogens with one attached hydrogen (secondary N) is 1. The lowest BCUT2D eigenvalue weighted by Crippen LogP contribution is -2.40. The van der Waals surface area contributed by atoms with Gasteiger partial charge >= 0.3 is 5.97 Å². The summed E-state index contributed by atoms with van der Waals surface area (Å²) in [5, 5.41) is 12.2. The molecular formula is C23H26FNO4. The summed E-state index contributed by atoms with van der Waals surface area (Å²) in [5.74, 6) is -1.81. The Hall–Kier alpha value is -2.89. The number of amides is 1. The van der Waals surface area contributed by atoms with Gasteiger partial charge in [0.25, 0.3) is 0 Å². The van der Waals surface area contributed by atoms with Crippen LogP contribution in [0.5, 0.6) is 5.75 Å². The van der Waals surface area contributed by atoms with Crippen molar-refractivity contribution in [2.75, 3.05) is 6.54 Å². The largest absolute Gasteiger partial charge is 0.489 e. The fraction of sp³-hybridized carbons (Fsp3) is 0.391. The molecule has 1 aliphatic rings. The molecule has 0 radical (unpaired) electrons. The number of carbonyl (C=O) groups is 2. The van der Waals surface area contributed by atoms with Crippen molar-refractivity contribution in [3.05, 3.63) is 65.5 Å². The van der Waals surface area contributed by atoms with E-state index in [1.165, 1.54) is 6.07 Å². The smallest absolute Gasteiger partial charge is 0.307 e. The number of ether oxygens (including phenoxy) is 1. The zero-order valence-corrected chi connectivity index (χ0v) is 16.3. The van der Waals surface area contributed by atoms with E-state index in [0.29, 0.717) is 37.1 Å². The van der Waals surface area contributed by atoms with Crippen LogP contribution in [0.2, 0.25) is 0 Å². The topological polar surface area (TPSA) is 75.6 Å². The molecule has 0 aromatic heterocycles. The Morgan fingerprint density at radius 3 is 2.38 bits per heavy atom. The third-order valence-electron chi connectivity index (χ3n) is 5.43. The lowest BCUT2D eigenvalue weighted by atomic mass is 9.78. The molecule has 5 nitrogen and oxygen atoms in total. The van der Waals surface area contributed by atoms with Crippen LogP contribution in [0.15, 0.2) is 48.5 Å². The molecule has 2 unspecified atom stereocenters. The van der Waals surface area contributed by atoms with E-state index in [9.17, 15) is 19.1 Å². The van der Waals surface area contributed by atoms with Gasteiger partial charge in [-0.15, -0.1) is 0 Å². The molecule has 0 bridgehead atoms. The highest BCUT2D eigenvalue weighted by atomic mass is 19.1. The van der Waals surface area contributed by atoms with Crippen LogP contribution < -0.4 is 10.1 Å². The summed E-state index contributed by atoms with van der Waals surface area (Å²) in [4.78, 5) is 23.9. The highest BCUT2D eigenvalue weighted by Crippen LogP contribution is 2.30. The van der Waals surface area contributed by atoms with Gasteiger partial charge < -0.3 is 15.2 Å². The standard InChI is InChI=1S/C23H26FNO4/c24-20-11-5-1-8-17(20)15-29-21-12-6-2-7-16(21)13-14-25-22(26)18-9-3-4-10-19(18)23(27)28/h1-2,5-8,11-12,18-19H,3-4,9-10,13-15H2,(H,25,26)(H,27,28). The lowest BCUT2D eigenvalue weighted by Gasteiger charge is -2.27. The number of hydrogen-bond donors (Lipinski definition) is 2. The second kappa shape index (κ2) is 10.0. The summed E-state index contributed by atoms with van der Waals surface area (Å²) < 4.78 is 19.6. The van der Waals surface area contributed by atoms with Gasteiger partial charge in [-0.1, -0.05) is 49.2 Å². The number of hydrogen-bond acceptors (Lipinski definition) is 3. The van der Waals surface area contributed by atoms with Gasteiger partial charge in [-0.3, -0.25) is 9.59 Å². The first kappa shape index (κ1) is 20.8. The molecule has 1 amide bonds. The molecule has 0 spiro atoms. The van der Waals surface area contributed by atoms with Gasteiger partial charge in [0.05, 0.1) is 11.8 Å². The fourth-order valence-corrected chi connectivity index (χ4v) is 3.81. The summed E-state index contributed by atoms with van der Waals surface area (Å²) >= 11 is 0. The van der Waals surface area contributed by atoms with E-state index in [-0.39, 0.29) is 18.3 Å². The minimum Gasteiger partial charge on any atom is -0.489 e. The molecule has 1 saturated carbocycles. The van der Waals surface area contributed by atoms with Crippen molar-refractivity contribution in [3.8, 4) is 5.75 Å². The molecule has 0 heterocycles. The Morgan fingerprint density at radius 2 is 1.66 bits per heavy atom. The van der Waals surface area contributed by atoms with Gasteiger partial charge in [-0.05, 0) is 37.0 Å². The molecule has 29 heavy (non-hydrogen) atoms. The highest BCUT2D eigenvalue weighted by Gasteiger charge is 2.35. The van der Waals surface area contributed by atoms with Gasteiger partial charge in [0, 0.05) is 12.1 Å². The summed E-state index contributed by atoms with van der Waals surface area (Å²) in [6, 6.07) is 13.9. The quantitative estimate of drug-likeness (QED) is 0.705. The zero-order chi connectivity index (χ0) is 20.6. The molecule has 6 heteroatoms. The molecule has 2 aromatic rings. The fourth-order valence-electron chi connectivity index (χ4n) is 3.81. The van der Waals surface area contributed by atoms with E-state index in [1.54, 1.807) is 18.2 Å². The van der Waals surface area contributed by atoms with Gasteiger partial charge in [-0.2, -0.15) is 0 Å². The van der Waals surface area contributed by atoms with Crippen LogP contribution in [0, 0.1) is 17.7 Å². The number of aliphatic carboxylic acids is 1. The molecular weight excluding hydrogens is 373 g/mol. The minimum atomic E-state index is -0.892. The zero-order valence-electron chi connectivity index (χ0n) is 16.3. The number of para-hydroxylation sites is 1. The summed E-state index contributed by atoms with van der Waals surface area (Å²) in [6.45, 7) is 0.514.